The highest BCUT2D eigenvalue weighted by atomic mass is 32.1. The molecule has 0 fully saturated rings. The molecule has 0 saturated heterocycles. The van der Waals surface area contributed by atoms with E-state index < -0.39 is 0 Å². The number of nitrogens with zero attached hydrogens (tertiary/aromatic N) is 1. The first-order valence-corrected chi connectivity index (χ1v) is 5.63. The Morgan fingerprint density at radius 1 is 1.38 bits per heavy atom. The summed E-state index contributed by atoms with van der Waals surface area (Å²) in [6, 6.07) is 10.4. The molecular formula is C12H9FN2S. The van der Waals surface area contributed by atoms with E-state index in [2.05, 4.69) is 11.4 Å². The van der Waals surface area contributed by atoms with Crippen LogP contribution in [0.4, 0.5) is 10.1 Å². The van der Waals surface area contributed by atoms with Gasteiger partial charge in [-0.3, -0.25) is 0 Å². The summed E-state index contributed by atoms with van der Waals surface area (Å²) < 4.78 is 13.3. The molecule has 0 aliphatic heterocycles. The maximum atomic E-state index is 13.3. The Kier molecular flexibility index (Phi) is 3.18. The van der Waals surface area contributed by atoms with Gasteiger partial charge in [0.25, 0.3) is 0 Å². The van der Waals surface area contributed by atoms with Crippen molar-refractivity contribution in [1.82, 2.24) is 0 Å². The van der Waals surface area contributed by atoms with Gasteiger partial charge in [0.15, 0.2) is 0 Å². The highest BCUT2D eigenvalue weighted by Crippen LogP contribution is 2.17. The van der Waals surface area contributed by atoms with Crippen molar-refractivity contribution in [2.24, 2.45) is 0 Å². The lowest BCUT2D eigenvalue weighted by Gasteiger charge is -2.05. The van der Waals surface area contributed by atoms with E-state index in [0.717, 1.165) is 4.88 Å². The number of benzene rings is 1. The van der Waals surface area contributed by atoms with Crippen LogP contribution in [0.5, 0.6) is 0 Å². The average molecular weight is 232 g/mol. The van der Waals surface area contributed by atoms with Crippen molar-refractivity contribution in [3.05, 3.63) is 52.0 Å². The van der Waals surface area contributed by atoms with Gasteiger partial charge in [-0.2, -0.15) is 5.26 Å². The van der Waals surface area contributed by atoms with Crippen LogP contribution in [0.1, 0.15) is 10.4 Å². The monoisotopic (exact) mass is 232 g/mol. The summed E-state index contributed by atoms with van der Waals surface area (Å²) in [6.45, 7) is 0.535. The molecule has 0 amide bonds. The van der Waals surface area contributed by atoms with E-state index in [1.54, 1.807) is 29.6 Å². The maximum absolute atomic E-state index is 13.3. The third kappa shape index (κ3) is 2.38. The molecule has 1 N–H and O–H groups in total. The molecular weight excluding hydrogens is 223 g/mol. The first kappa shape index (κ1) is 10.7. The SMILES string of the molecule is N#Cc1csc(CNc2ccccc2F)c1. The van der Waals surface area contributed by atoms with Crippen molar-refractivity contribution < 1.29 is 4.39 Å². The fourth-order valence-corrected chi connectivity index (χ4v) is 2.07. The second-order valence-corrected chi connectivity index (χ2v) is 4.24. The van der Waals surface area contributed by atoms with Gasteiger partial charge in [0, 0.05) is 16.8 Å². The van der Waals surface area contributed by atoms with Crippen LogP contribution in [0.15, 0.2) is 35.7 Å². The van der Waals surface area contributed by atoms with Gasteiger partial charge in [0.1, 0.15) is 11.9 Å². The molecule has 0 radical (unpaired) electrons. The van der Waals surface area contributed by atoms with Crippen LogP contribution in [-0.2, 0) is 6.54 Å². The lowest BCUT2D eigenvalue weighted by atomic mass is 10.3. The Labute approximate surface area is 97.0 Å². The van der Waals surface area contributed by atoms with Gasteiger partial charge in [0.05, 0.1) is 11.3 Å². The van der Waals surface area contributed by atoms with Crippen LogP contribution >= 0.6 is 11.3 Å². The van der Waals surface area contributed by atoms with Crippen molar-refractivity contribution in [1.29, 1.82) is 5.26 Å². The summed E-state index contributed by atoms with van der Waals surface area (Å²) in [5, 5.41) is 13.4. The van der Waals surface area contributed by atoms with E-state index in [1.165, 1.54) is 17.4 Å². The van der Waals surface area contributed by atoms with Gasteiger partial charge in [0.2, 0.25) is 0 Å². The Bertz CT molecular complexity index is 528. The first-order chi connectivity index (χ1) is 7.79. The van der Waals surface area contributed by atoms with Crippen molar-refractivity contribution >= 4 is 17.0 Å². The van der Waals surface area contributed by atoms with Crippen LogP contribution in [0.2, 0.25) is 0 Å². The molecule has 0 aliphatic rings. The van der Waals surface area contributed by atoms with Crippen LogP contribution < -0.4 is 5.32 Å². The Balaban J connectivity index is 2.03. The number of thiophene rings is 1. The molecule has 2 rings (SSSR count). The fraction of sp³-hybridized carbons (Fsp3) is 0.0833. The van der Waals surface area contributed by atoms with Crippen molar-refractivity contribution in [2.45, 2.75) is 6.54 Å². The molecule has 0 spiro atoms. The zero-order chi connectivity index (χ0) is 11.4. The largest absolute Gasteiger partial charge is 0.378 e. The molecule has 80 valence electrons. The maximum Gasteiger partial charge on any atom is 0.146 e. The number of nitrogens with one attached hydrogen (secondary N) is 1. The van der Waals surface area contributed by atoms with Gasteiger partial charge in [-0.1, -0.05) is 12.1 Å². The lowest BCUT2D eigenvalue weighted by molar-refractivity contribution is 0.630. The molecule has 0 unspecified atom stereocenters. The molecule has 0 saturated carbocycles. The Morgan fingerprint density at radius 2 is 2.19 bits per heavy atom. The highest BCUT2D eigenvalue weighted by Gasteiger charge is 2.02. The van der Waals surface area contributed by atoms with Gasteiger partial charge in [-0.25, -0.2) is 4.39 Å². The van der Waals surface area contributed by atoms with Gasteiger partial charge < -0.3 is 5.32 Å². The zero-order valence-electron chi connectivity index (χ0n) is 8.40. The first-order valence-electron chi connectivity index (χ1n) is 4.75. The van der Waals surface area contributed by atoms with E-state index in [1.807, 2.05) is 0 Å². The molecule has 1 heterocycles. The highest BCUT2D eigenvalue weighted by molar-refractivity contribution is 7.10. The third-order valence-electron chi connectivity index (χ3n) is 2.11. The number of halogens is 1. The number of para-hydroxylation sites is 1. The fourth-order valence-electron chi connectivity index (χ4n) is 1.32. The van der Waals surface area contributed by atoms with Gasteiger partial charge in [-0.05, 0) is 18.2 Å². The minimum atomic E-state index is -0.264. The quantitative estimate of drug-likeness (QED) is 0.880. The predicted molar refractivity (Wildman–Crippen MR) is 62.8 cm³/mol. The van der Waals surface area contributed by atoms with E-state index in [9.17, 15) is 4.39 Å². The minimum Gasteiger partial charge on any atom is -0.378 e. The summed E-state index contributed by atoms with van der Waals surface area (Å²) in [6.07, 6.45) is 0. The van der Waals surface area contributed by atoms with Crippen LogP contribution in [0.3, 0.4) is 0 Å². The molecule has 2 nitrogen and oxygen atoms in total. The summed E-state index contributed by atoms with van der Waals surface area (Å²) in [5.41, 5.74) is 1.13. The minimum absolute atomic E-state index is 0.264. The molecule has 0 atom stereocenters. The smallest absolute Gasteiger partial charge is 0.146 e. The van der Waals surface area contributed by atoms with Gasteiger partial charge >= 0.3 is 0 Å². The molecule has 1 aromatic carbocycles. The van der Waals surface area contributed by atoms with E-state index >= 15 is 0 Å². The van der Waals surface area contributed by atoms with Gasteiger partial charge in [-0.15, -0.1) is 11.3 Å². The molecule has 1 aromatic heterocycles. The zero-order valence-corrected chi connectivity index (χ0v) is 9.22. The van der Waals surface area contributed by atoms with Crippen LogP contribution in [-0.4, -0.2) is 0 Å². The molecule has 4 heteroatoms. The Morgan fingerprint density at radius 3 is 2.88 bits per heavy atom. The summed E-state index contributed by atoms with van der Waals surface area (Å²) >= 11 is 1.49. The van der Waals surface area contributed by atoms with E-state index in [4.69, 9.17) is 5.26 Å². The number of nitriles is 1. The van der Waals surface area contributed by atoms with Crippen LogP contribution in [0, 0.1) is 17.1 Å². The standard InChI is InChI=1S/C12H9FN2S/c13-11-3-1-2-4-12(11)15-7-10-5-9(6-14)8-16-10/h1-5,8,15H,7H2. The predicted octanol–water partition coefficient (Wildman–Crippen LogP) is 3.37. The van der Waals surface area contributed by atoms with E-state index in [0.29, 0.717) is 17.8 Å². The van der Waals surface area contributed by atoms with E-state index in [-0.39, 0.29) is 5.82 Å². The Hall–Kier alpha value is -1.86. The summed E-state index contributed by atoms with van der Waals surface area (Å²) in [5.74, 6) is -0.264. The summed E-state index contributed by atoms with van der Waals surface area (Å²) in [4.78, 5) is 1.01. The number of anilines is 1. The number of rotatable bonds is 3. The number of hydrogen-bond donors (Lipinski definition) is 1. The second kappa shape index (κ2) is 4.77. The second-order valence-electron chi connectivity index (χ2n) is 3.25. The average Bonchev–Trinajstić information content (AvgIpc) is 2.76. The topological polar surface area (TPSA) is 35.8 Å². The molecule has 16 heavy (non-hydrogen) atoms. The lowest BCUT2D eigenvalue weighted by Crippen LogP contribution is -1.99. The van der Waals surface area contributed by atoms with Crippen LogP contribution in [0.25, 0.3) is 0 Å². The number of hydrogen-bond acceptors (Lipinski definition) is 3. The summed E-state index contributed by atoms with van der Waals surface area (Å²) in [7, 11) is 0. The third-order valence-corrected chi connectivity index (χ3v) is 3.05. The molecule has 0 aliphatic carbocycles. The van der Waals surface area contributed by atoms with Crippen molar-refractivity contribution in [3.8, 4) is 6.07 Å². The van der Waals surface area contributed by atoms with Crippen molar-refractivity contribution in [2.75, 3.05) is 5.32 Å². The van der Waals surface area contributed by atoms with Crippen molar-refractivity contribution in [3.63, 3.8) is 0 Å². The molecule has 0 bridgehead atoms. The molecule has 2 aromatic rings. The normalized spacial score (nSPS) is 9.75.